The van der Waals surface area contributed by atoms with Gasteiger partial charge in [0.05, 0.1) is 5.41 Å². The summed E-state index contributed by atoms with van der Waals surface area (Å²) in [7, 11) is 0. The molecule has 3 nitrogen and oxygen atoms in total. The first-order chi connectivity index (χ1) is 11.4. The lowest BCUT2D eigenvalue weighted by Gasteiger charge is -2.40. The van der Waals surface area contributed by atoms with E-state index >= 15 is 0 Å². The standard InChI is InChI=1S/C17H22F3NO2S/c18-17(19,20)12-21(13-5-9-23-10-6-13)15(22)16(7-1-2-8-16)14-4-3-11-24-14/h3-4,11,13H,1-2,5-10,12H2. The van der Waals surface area contributed by atoms with E-state index in [0.29, 0.717) is 38.9 Å². The number of ether oxygens (including phenoxy) is 1. The van der Waals surface area contributed by atoms with Crippen LogP contribution < -0.4 is 0 Å². The molecule has 24 heavy (non-hydrogen) atoms. The van der Waals surface area contributed by atoms with Crippen LogP contribution >= 0.6 is 11.3 Å². The molecular weight excluding hydrogens is 339 g/mol. The van der Waals surface area contributed by atoms with Crippen molar-refractivity contribution in [3.05, 3.63) is 22.4 Å². The normalized spacial score (nSPS) is 21.8. The second-order valence-corrected chi connectivity index (χ2v) is 7.61. The summed E-state index contributed by atoms with van der Waals surface area (Å²) in [6.07, 6.45) is -0.379. The summed E-state index contributed by atoms with van der Waals surface area (Å²) >= 11 is 1.48. The second kappa shape index (κ2) is 7.04. The van der Waals surface area contributed by atoms with Crippen LogP contribution in [-0.4, -0.2) is 42.8 Å². The van der Waals surface area contributed by atoms with Crippen LogP contribution in [0.3, 0.4) is 0 Å². The average Bonchev–Trinajstić information content (AvgIpc) is 3.23. The zero-order valence-electron chi connectivity index (χ0n) is 13.5. The SMILES string of the molecule is O=C(N(CC(F)(F)F)C1CCOCC1)C1(c2cccs2)CCCC1. The Kier molecular flexibility index (Phi) is 5.20. The Bertz CT molecular complexity index is 547. The summed E-state index contributed by atoms with van der Waals surface area (Å²) in [6.45, 7) is -0.333. The summed E-state index contributed by atoms with van der Waals surface area (Å²) in [5, 5.41) is 1.89. The number of hydrogen-bond donors (Lipinski definition) is 0. The topological polar surface area (TPSA) is 29.5 Å². The number of carbonyl (C=O) groups is 1. The van der Waals surface area contributed by atoms with Gasteiger partial charge in [0.15, 0.2) is 0 Å². The zero-order chi connectivity index (χ0) is 17.2. The summed E-state index contributed by atoms with van der Waals surface area (Å²) < 4.78 is 44.7. The smallest absolute Gasteiger partial charge is 0.381 e. The summed E-state index contributed by atoms with van der Waals surface area (Å²) in [6, 6.07) is 3.38. The van der Waals surface area contributed by atoms with Gasteiger partial charge in [0.1, 0.15) is 6.54 Å². The lowest BCUT2D eigenvalue weighted by molar-refractivity contribution is -0.172. The second-order valence-electron chi connectivity index (χ2n) is 6.66. The third-order valence-corrected chi connectivity index (χ3v) is 6.18. The number of thiophene rings is 1. The highest BCUT2D eigenvalue weighted by Crippen LogP contribution is 2.45. The van der Waals surface area contributed by atoms with Gasteiger partial charge in [0.2, 0.25) is 5.91 Å². The minimum Gasteiger partial charge on any atom is -0.381 e. The van der Waals surface area contributed by atoms with Gasteiger partial charge in [-0.05, 0) is 37.1 Å². The molecule has 1 saturated carbocycles. The van der Waals surface area contributed by atoms with E-state index < -0.39 is 18.1 Å². The van der Waals surface area contributed by atoms with Gasteiger partial charge < -0.3 is 9.64 Å². The number of alkyl halides is 3. The van der Waals surface area contributed by atoms with E-state index in [1.165, 1.54) is 11.3 Å². The molecule has 0 N–H and O–H groups in total. The zero-order valence-corrected chi connectivity index (χ0v) is 14.3. The molecule has 0 bridgehead atoms. The van der Waals surface area contributed by atoms with Crippen molar-refractivity contribution >= 4 is 17.2 Å². The molecule has 1 saturated heterocycles. The Morgan fingerprint density at radius 3 is 2.50 bits per heavy atom. The van der Waals surface area contributed by atoms with Crippen LogP contribution in [0.2, 0.25) is 0 Å². The van der Waals surface area contributed by atoms with Crippen LogP contribution in [0, 0.1) is 0 Å². The van der Waals surface area contributed by atoms with Gasteiger partial charge in [-0.25, -0.2) is 0 Å². The number of rotatable bonds is 4. The maximum absolute atomic E-state index is 13.3. The van der Waals surface area contributed by atoms with Gasteiger partial charge in [0, 0.05) is 24.1 Å². The highest BCUT2D eigenvalue weighted by Gasteiger charge is 2.49. The van der Waals surface area contributed by atoms with Crippen LogP contribution in [0.1, 0.15) is 43.4 Å². The molecule has 2 aliphatic rings. The molecule has 2 fully saturated rings. The lowest BCUT2D eigenvalue weighted by atomic mass is 9.82. The van der Waals surface area contributed by atoms with Crippen molar-refractivity contribution in [2.24, 2.45) is 0 Å². The fourth-order valence-electron chi connectivity index (χ4n) is 3.93. The molecule has 0 aromatic carbocycles. The van der Waals surface area contributed by atoms with Crippen molar-refractivity contribution in [1.82, 2.24) is 4.90 Å². The molecular formula is C17H22F3NO2S. The Labute approximate surface area is 143 Å². The average molecular weight is 361 g/mol. The van der Waals surface area contributed by atoms with Crippen LogP contribution in [0.25, 0.3) is 0 Å². The number of hydrogen-bond acceptors (Lipinski definition) is 3. The third kappa shape index (κ3) is 3.61. The molecule has 134 valence electrons. The first-order valence-corrected chi connectivity index (χ1v) is 9.30. The van der Waals surface area contributed by atoms with Crippen LogP contribution in [0.4, 0.5) is 13.2 Å². The Morgan fingerprint density at radius 2 is 1.96 bits per heavy atom. The molecule has 2 heterocycles. The fourth-order valence-corrected chi connectivity index (χ4v) is 4.90. The molecule has 1 aromatic rings. The van der Waals surface area contributed by atoms with E-state index in [9.17, 15) is 18.0 Å². The van der Waals surface area contributed by atoms with E-state index in [1.807, 2.05) is 17.5 Å². The Morgan fingerprint density at radius 1 is 1.29 bits per heavy atom. The van der Waals surface area contributed by atoms with E-state index in [2.05, 4.69) is 0 Å². The molecule has 1 amide bonds. The molecule has 1 aliphatic carbocycles. The molecule has 0 radical (unpaired) electrons. The first-order valence-electron chi connectivity index (χ1n) is 8.42. The van der Waals surface area contributed by atoms with Crippen molar-refractivity contribution in [1.29, 1.82) is 0 Å². The molecule has 1 aliphatic heterocycles. The minimum atomic E-state index is -4.39. The van der Waals surface area contributed by atoms with Crippen molar-refractivity contribution in [3.63, 3.8) is 0 Å². The maximum Gasteiger partial charge on any atom is 0.406 e. The Hall–Kier alpha value is -1.08. The van der Waals surface area contributed by atoms with Crippen LogP contribution in [0.5, 0.6) is 0 Å². The van der Waals surface area contributed by atoms with Gasteiger partial charge in [-0.15, -0.1) is 11.3 Å². The van der Waals surface area contributed by atoms with Gasteiger partial charge in [-0.1, -0.05) is 18.9 Å². The largest absolute Gasteiger partial charge is 0.406 e. The van der Waals surface area contributed by atoms with Crippen molar-refractivity contribution in [2.75, 3.05) is 19.8 Å². The minimum absolute atomic E-state index is 0.341. The highest BCUT2D eigenvalue weighted by molar-refractivity contribution is 7.10. The number of carbonyl (C=O) groups excluding carboxylic acids is 1. The molecule has 7 heteroatoms. The Balaban J connectivity index is 1.91. The van der Waals surface area contributed by atoms with Crippen molar-refractivity contribution in [2.45, 2.75) is 56.2 Å². The van der Waals surface area contributed by atoms with Gasteiger partial charge in [-0.3, -0.25) is 4.79 Å². The van der Waals surface area contributed by atoms with E-state index in [0.717, 1.165) is 22.6 Å². The number of halogens is 3. The van der Waals surface area contributed by atoms with E-state index in [4.69, 9.17) is 4.74 Å². The first kappa shape index (κ1) is 17.7. The predicted octanol–water partition coefficient (Wildman–Crippen LogP) is 4.13. The number of amides is 1. The van der Waals surface area contributed by atoms with E-state index in [1.54, 1.807) is 0 Å². The fraction of sp³-hybridized carbons (Fsp3) is 0.706. The monoisotopic (exact) mass is 361 g/mol. The van der Waals surface area contributed by atoms with Crippen LogP contribution in [-0.2, 0) is 14.9 Å². The molecule has 0 atom stereocenters. The van der Waals surface area contributed by atoms with Gasteiger partial charge in [-0.2, -0.15) is 13.2 Å². The van der Waals surface area contributed by atoms with Gasteiger partial charge in [0.25, 0.3) is 0 Å². The highest BCUT2D eigenvalue weighted by atomic mass is 32.1. The summed E-state index contributed by atoms with van der Waals surface area (Å²) in [5.41, 5.74) is -0.766. The van der Waals surface area contributed by atoms with Gasteiger partial charge >= 0.3 is 6.18 Å². The quantitative estimate of drug-likeness (QED) is 0.807. The summed E-state index contributed by atoms with van der Waals surface area (Å²) in [5.74, 6) is -0.341. The molecule has 0 unspecified atom stereocenters. The van der Waals surface area contributed by atoms with Crippen LogP contribution in [0.15, 0.2) is 17.5 Å². The van der Waals surface area contributed by atoms with E-state index in [-0.39, 0.29) is 11.9 Å². The molecule has 0 spiro atoms. The third-order valence-electron chi connectivity index (χ3n) is 5.10. The molecule has 3 rings (SSSR count). The maximum atomic E-state index is 13.3. The lowest BCUT2D eigenvalue weighted by Crippen LogP contribution is -2.54. The number of nitrogens with zero attached hydrogens (tertiary/aromatic N) is 1. The van der Waals surface area contributed by atoms with Crippen molar-refractivity contribution in [3.8, 4) is 0 Å². The molecule has 1 aromatic heterocycles. The summed E-state index contributed by atoms with van der Waals surface area (Å²) in [4.78, 5) is 15.3. The van der Waals surface area contributed by atoms with Crippen molar-refractivity contribution < 1.29 is 22.7 Å². The predicted molar refractivity (Wildman–Crippen MR) is 86.1 cm³/mol.